The maximum Gasteiger partial charge on any atom is 0.103 e. The summed E-state index contributed by atoms with van der Waals surface area (Å²) in [5.41, 5.74) is 0. The lowest BCUT2D eigenvalue weighted by molar-refractivity contribution is 0.236. The van der Waals surface area contributed by atoms with Crippen molar-refractivity contribution in [2.24, 2.45) is 0 Å². The number of rotatable bonds is 5. The molecule has 3 heteroatoms. The molecule has 0 radical (unpaired) electrons. The van der Waals surface area contributed by atoms with Crippen molar-refractivity contribution >= 4 is 0 Å². The number of furan rings is 1. The number of hydrogen-bond acceptors (Lipinski definition) is 3. The van der Waals surface area contributed by atoms with Gasteiger partial charge in [0.05, 0.1) is 6.26 Å². The minimum Gasteiger partial charge on any atom is -0.469 e. The van der Waals surface area contributed by atoms with Crippen LogP contribution < -0.4 is 5.32 Å². The van der Waals surface area contributed by atoms with Crippen molar-refractivity contribution in [1.29, 1.82) is 0 Å². The van der Waals surface area contributed by atoms with Crippen molar-refractivity contribution in [2.45, 2.75) is 19.3 Å². The lowest BCUT2D eigenvalue weighted by atomic mass is 10.2. The number of unbranched alkanes of at least 4 members (excludes halogenated alkanes) is 1. The maximum absolute atomic E-state index is 5.30. The summed E-state index contributed by atoms with van der Waals surface area (Å²) in [5, 5.41) is 3.37. The van der Waals surface area contributed by atoms with Crippen molar-refractivity contribution < 1.29 is 4.42 Å². The lowest BCUT2D eigenvalue weighted by Gasteiger charge is -2.26. The second kappa shape index (κ2) is 5.93. The Morgan fingerprint density at radius 1 is 1.27 bits per heavy atom. The molecule has 0 aliphatic carbocycles. The first-order chi connectivity index (χ1) is 7.45. The van der Waals surface area contributed by atoms with Gasteiger partial charge in [-0.1, -0.05) is 0 Å². The minimum atomic E-state index is 1.08. The third-order valence-electron chi connectivity index (χ3n) is 2.94. The molecule has 0 saturated carbocycles. The Balaban J connectivity index is 1.54. The van der Waals surface area contributed by atoms with Gasteiger partial charge in [0.1, 0.15) is 5.76 Å². The van der Waals surface area contributed by atoms with E-state index < -0.39 is 0 Å². The Hall–Kier alpha value is -0.800. The summed E-state index contributed by atoms with van der Waals surface area (Å²) in [7, 11) is 0. The van der Waals surface area contributed by atoms with Crippen molar-refractivity contribution in [3.63, 3.8) is 0 Å². The summed E-state index contributed by atoms with van der Waals surface area (Å²) in [5.74, 6) is 1.12. The largest absolute Gasteiger partial charge is 0.469 e. The summed E-state index contributed by atoms with van der Waals surface area (Å²) in [4.78, 5) is 2.54. The Bertz CT molecular complexity index is 253. The molecule has 0 amide bonds. The van der Waals surface area contributed by atoms with E-state index in [0.29, 0.717) is 0 Å². The van der Waals surface area contributed by atoms with Crippen LogP contribution in [0.25, 0.3) is 0 Å². The third-order valence-corrected chi connectivity index (χ3v) is 2.94. The van der Waals surface area contributed by atoms with Gasteiger partial charge in [0.2, 0.25) is 0 Å². The number of hydrogen-bond donors (Lipinski definition) is 1. The highest BCUT2D eigenvalue weighted by Gasteiger charge is 2.08. The van der Waals surface area contributed by atoms with E-state index in [1.165, 1.54) is 32.5 Å². The van der Waals surface area contributed by atoms with Gasteiger partial charge >= 0.3 is 0 Å². The molecule has 1 fully saturated rings. The normalized spacial score (nSPS) is 18.1. The van der Waals surface area contributed by atoms with Crippen molar-refractivity contribution in [3.8, 4) is 0 Å². The fraction of sp³-hybridized carbons (Fsp3) is 0.667. The molecule has 84 valence electrons. The van der Waals surface area contributed by atoms with Crippen molar-refractivity contribution in [2.75, 3.05) is 32.7 Å². The molecular formula is C12H20N2O. The SMILES string of the molecule is c1coc(CCCCN2CCNCC2)c1. The Morgan fingerprint density at radius 3 is 2.87 bits per heavy atom. The van der Waals surface area contributed by atoms with Crippen LogP contribution in [0.1, 0.15) is 18.6 Å². The number of nitrogens with one attached hydrogen (secondary N) is 1. The predicted molar refractivity (Wildman–Crippen MR) is 61.0 cm³/mol. The van der Waals surface area contributed by atoms with Crippen molar-refractivity contribution in [1.82, 2.24) is 10.2 Å². The van der Waals surface area contributed by atoms with Gasteiger partial charge in [-0.25, -0.2) is 0 Å². The van der Waals surface area contributed by atoms with Gasteiger partial charge in [-0.3, -0.25) is 0 Å². The van der Waals surface area contributed by atoms with E-state index in [1.807, 2.05) is 6.07 Å². The lowest BCUT2D eigenvalue weighted by Crippen LogP contribution is -2.43. The molecule has 0 aromatic carbocycles. The van der Waals surface area contributed by atoms with Crippen LogP contribution in [0.2, 0.25) is 0 Å². The zero-order chi connectivity index (χ0) is 10.3. The molecular weight excluding hydrogens is 188 g/mol. The Morgan fingerprint density at radius 2 is 2.13 bits per heavy atom. The second-order valence-corrected chi connectivity index (χ2v) is 4.13. The van der Waals surface area contributed by atoms with Crippen LogP contribution in [0.15, 0.2) is 22.8 Å². The van der Waals surface area contributed by atoms with E-state index in [2.05, 4.69) is 16.3 Å². The summed E-state index contributed by atoms with van der Waals surface area (Å²) in [6, 6.07) is 4.02. The van der Waals surface area contributed by atoms with Gasteiger partial charge in [-0.2, -0.15) is 0 Å². The van der Waals surface area contributed by atoms with E-state index in [0.717, 1.165) is 25.3 Å². The van der Waals surface area contributed by atoms with Gasteiger partial charge in [0.15, 0.2) is 0 Å². The molecule has 1 aliphatic heterocycles. The predicted octanol–water partition coefficient (Wildman–Crippen LogP) is 1.51. The van der Waals surface area contributed by atoms with Crippen LogP contribution in [0.3, 0.4) is 0 Å². The van der Waals surface area contributed by atoms with E-state index >= 15 is 0 Å². The van der Waals surface area contributed by atoms with Crippen LogP contribution in [-0.2, 0) is 6.42 Å². The standard InChI is InChI=1S/C12H20N2O/c1(4-12-5-3-11-15-12)2-8-14-9-6-13-7-10-14/h3,5,11,13H,1-2,4,6-10H2. The molecule has 0 spiro atoms. The molecule has 1 aromatic rings. The Kier molecular flexibility index (Phi) is 4.23. The molecule has 15 heavy (non-hydrogen) atoms. The van der Waals surface area contributed by atoms with Crippen molar-refractivity contribution in [3.05, 3.63) is 24.2 Å². The van der Waals surface area contributed by atoms with E-state index in [-0.39, 0.29) is 0 Å². The average molecular weight is 208 g/mol. The summed E-state index contributed by atoms with van der Waals surface area (Å²) in [6.07, 6.45) is 5.35. The van der Waals surface area contributed by atoms with E-state index in [9.17, 15) is 0 Å². The molecule has 1 saturated heterocycles. The van der Waals surface area contributed by atoms with Crippen LogP contribution in [0, 0.1) is 0 Å². The second-order valence-electron chi connectivity index (χ2n) is 4.13. The molecule has 2 rings (SSSR count). The molecule has 3 nitrogen and oxygen atoms in total. The van der Waals surface area contributed by atoms with Gasteiger partial charge in [0, 0.05) is 32.6 Å². The zero-order valence-electron chi connectivity index (χ0n) is 9.24. The van der Waals surface area contributed by atoms with Crippen LogP contribution in [-0.4, -0.2) is 37.6 Å². The first-order valence-electron chi connectivity index (χ1n) is 5.90. The molecule has 1 N–H and O–H groups in total. The summed E-state index contributed by atoms with van der Waals surface area (Å²) < 4.78 is 5.30. The first-order valence-corrected chi connectivity index (χ1v) is 5.90. The average Bonchev–Trinajstić information content (AvgIpc) is 2.79. The number of aryl methyl sites for hydroxylation is 1. The highest BCUT2D eigenvalue weighted by atomic mass is 16.3. The van der Waals surface area contributed by atoms with Crippen LogP contribution >= 0.6 is 0 Å². The van der Waals surface area contributed by atoms with E-state index in [1.54, 1.807) is 6.26 Å². The fourth-order valence-electron chi connectivity index (χ4n) is 2.02. The van der Waals surface area contributed by atoms with Gasteiger partial charge in [-0.15, -0.1) is 0 Å². The molecule has 2 heterocycles. The smallest absolute Gasteiger partial charge is 0.103 e. The highest BCUT2D eigenvalue weighted by molar-refractivity contribution is 4.97. The summed E-state index contributed by atoms with van der Waals surface area (Å²) in [6.45, 7) is 5.96. The maximum atomic E-state index is 5.30. The highest BCUT2D eigenvalue weighted by Crippen LogP contribution is 2.06. The molecule has 1 aromatic heterocycles. The fourth-order valence-corrected chi connectivity index (χ4v) is 2.02. The van der Waals surface area contributed by atoms with Crippen LogP contribution in [0.5, 0.6) is 0 Å². The van der Waals surface area contributed by atoms with Gasteiger partial charge in [0.25, 0.3) is 0 Å². The minimum absolute atomic E-state index is 1.08. The first kappa shape index (κ1) is 10.7. The Labute approximate surface area is 91.4 Å². The third kappa shape index (κ3) is 3.68. The van der Waals surface area contributed by atoms with Gasteiger partial charge in [-0.05, 0) is 31.5 Å². The van der Waals surface area contributed by atoms with Crippen LogP contribution in [0.4, 0.5) is 0 Å². The quantitative estimate of drug-likeness (QED) is 0.743. The number of nitrogens with zero attached hydrogens (tertiary/aromatic N) is 1. The monoisotopic (exact) mass is 208 g/mol. The number of piperazine rings is 1. The molecule has 1 aliphatic rings. The molecule has 0 unspecified atom stereocenters. The van der Waals surface area contributed by atoms with Gasteiger partial charge < -0.3 is 14.6 Å². The molecule has 0 atom stereocenters. The summed E-state index contributed by atoms with van der Waals surface area (Å²) >= 11 is 0. The topological polar surface area (TPSA) is 28.4 Å². The molecule has 0 bridgehead atoms. The van der Waals surface area contributed by atoms with E-state index in [4.69, 9.17) is 4.42 Å². The zero-order valence-corrected chi connectivity index (χ0v) is 9.24.